The molecule has 2 heterocycles. The number of likely N-dealkylation sites (tertiary alicyclic amines) is 1. The van der Waals surface area contributed by atoms with Gasteiger partial charge in [0, 0.05) is 26.1 Å². The van der Waals surface area contributed by atoms with Crippen LogP contribution in [0.3, 0.4) is 0 Å². The van der Waals surface area contributed by atoms with E-state index in [0.717, 1.165) is 10.9 Å². The summed E-state index contributed by atoms with van der Waals surface area (Å²) >= 11 is 3.37. The molecule has 2 amide bonds. The van der Waals surface area contributed by atoms with Gasteiger partial charge < -0.3 is 15.0 Å². The van der Waals surface area contributed by atoms with Crippen molar-refractivity contribution in [2.45, 2.75) is 19.4 Å². The molecule has 0 unspecified atom stereocenters. The number of hydrogen-bond acceptors (Lipinski definition) is 4. The van der Waals surface area contributed by atoms with Crippen molar-refractivity contribution in [1.29, 1.82) is 0 Å². The van der Waals surface area contributed by atoms with Crippen molar-refractivity contribution in [3.63, 3.8) is 0 Å². The molecule has 1 aliphatic rings. The van der Waals surface area contributed by atoms with E-state index in [4.69, 9.17) is 4.74 Å². The molecule has 0 radical (unpaired) electrons. The minimum Gasteiger partial charge on any atom is -0.472 e. The molecule has 108 valence electrons. The lowest BCUT2D eigenvalue weighted by molar-refractivity contribution is -0.131. The first-order chi connectivity index (χ1) is 9.56. The van der Waals surface area contributed by atoms with Crippen LogP contribution in [0.15, 0.2) is 22.8 Å². The molecule has 0 bridgehead atoms. The highest BCUT2D eigenvalue weighted by molar-refractivity contribution is 9.10. The number of ether oxygens (including phenoxy) is 1. The highest BCUT2D eigenvalue weighted by Crippen LogP contribution is 2.24. The minimum absolute atomic E-state index is 0.0370. The van der Waals surface area contributed by atoms with Crippen LogP contribution < -0.4 is 10.1 Å². The second-order valence-electron chi connectivity index (χ2n) is 4.57. The Bertz CT molecular complexity index is 509. The van der Waals surface area contributed by atoms with Crippen molar-refractivity contribution >= 4 is 27.7 Å². The smallest absolute Gasteiger partial charge is 0.242 e. The lowest BCUT2D eigenvalue weighted by Gasteiger charge is -2.17. The summed E-state index contributed by atoms with van der Waals surface area (Å²) in [5.41, 5.74) is 0. The quantitative estimate of drug-likeness (QED) is 0.885. The molecule has 1 aromatic rings. The summed E-state index contributed by atoms with van der Waals surface area (Å²) < 4.78 is 6.57. The van der Waals surface area contributed by atoms with Gasteiger partial charge in [0.05, 0.1) is 17.6 Å². The van der Waals surface area contributed by atoms with Gasteiger partial charge in [0.25, 0.3) is 0 Å². The Morgan fingerprint density at radius 3 is 3.10 bits per heavy atom. The van der Waals surface area contributed by atoms with Gasteiger partial charge in [0.15, 0.2) is 0 Å². The van der Waals surface area contributed by atoms with E-state index in [-0.39, 0.29) is 24.5 Å². The molecule has 2 rings (SSSR count). The van der Waals surface area contributed by atoms with E-state index < -0.39 is 0 Å². The Labute approximate surface area is 125 Å². The molecule has 0 spiro atoms. The second-order valence-corrected chi connectivity index (χ2v) is 5.42. The van der Waals surface area contributed by atoms with E-state index in [9.17, 15) is 9.59 Å². The van der Waals surface area contributed by atoms with Crippen molar-refractivity contribution in [1.82, 2.24) is 15.2 Å². The molecule has 0 saturated carbocycles. The van der Waals surface area contributed by atoms with Crippen LogP contribution in [0.2, 0.25) is 0 Å². The van der Waals surface area contributed by atoms with Gasteiger partial charge >= 0.3 is 0 Å². The maximum atomic E-state index is 11.8. The van der Waals surface area contributed by atoms with Crippen molar-refractivity contribution in [2.24, 2.45) is 0 Å². The van der Waals surface area contributed by atoms with Crippen LogP contribution in [0, 0.1) is 0 Å². The molecule has 1 saturated heterocycles. The lowest BCUT2D eigenvalue weighted by Crippen LogP contribution is -2.39. The number of carbonyl (C=O) groups is 2. The van der Waals surface area contributed by atoms with Crippen LogP contribution in [-0.4, -0.2) is 47.4 Å². The van der Waals surface area contributed by atoms with Crippen molar-refractivity contribution < 1.29 is 14.3 Å². The summed E-state index contributed by atoms with van der Waals surface area (Å²) in [4.78, 5) is 28.5. The first kappa shape index (κ1) is 14.8. The molecular weight excluding hydrogens is 326 g/mol. The predicted octanol–water partition coefficient (Wildman–Crippen LogP) is 0.960. The first-order valence-corrected chi connectivity index (χ1v) is 7.15. The van der Waals surface area contributed by atoms with Gasteiger partial charge in [0.2, 0.25) is 17.7 Å². The van der Waals surface area contributed by atoms with Gasteiger partial charge in [-0.05, 0) is 28.1 Å². The number of amides is 2. The molecule has 6 nitrogen and oxygen atoms in total. The van der Waals surface area contributed by atoms with Crippen molar-refractivity contribution in [3.8, 4) is 5.88 Å². The van der Waals surface area contributed by atoms with Crippen LogP contribution >= 0.6 is 15.9 Å². The fraction of sp³-hybridized carbons (Fsp3) is 0.462. The Morgan fingerprint density at radius 2 is 2.40 bits per heavy atom. The highest BCUT2D eigenvalue weighted by atomic mass is 79.9. The topological polar surface area (TPSA) is 71.5 Å². The number of carbonyl (C=O) groups excluding carboxylic acids is 2. The third-order valence-corrected chi connectivity index (χ3v) is 3.59. The van der Waals surface area contributed by atoms with Crippen LogP contribution in [0.1, 0.15) is 13.3 Å². The fourth-order valence-electron chi connectivity index (χ4n) is 1.98. The number of aromatic nitrogens is 1. The largest absolute Gasteiger partial charge is 0.472 e. The normalized spacial score (nSPS) is 17.9. The van der Waals surface area contributed by atoms with E-state index in [0.29, 0.717) is 19.0 Å². The maximum Gasteiger partial charge on any atom is 0.242 e. The third kappa shape index (κ3) is 3.93. The molecular formula is C13H16BrN3O3. The Kier molecular flexibility index (Phi) is 4.94. The van der Waals surface area contributed by atoms with Crippen LogP contribution in [0.5, 0.6) is 5.88 Å². The lowest BCUT2D eigenvalue weighted by atomic mass is 10.3. The highest BCUT2D eigenvalue weighted by Gasteiger charge is 2.28. The first-order valence-electron chi connectivity index (χ1n) is 6.35. The maximum absolute atomic E-state index is 11.8. The zero-order valence-electron chi connectivity index (χ0n) is 11.1. The fourth-order valence-corrected chi connectivity index (χ4v) is 2.33. The van der Waals surface area contributed by atoms with Gasteiger partial charge in [-0.25, -0.2) is 4.98 Å². The standard InChI is InChI=1S/C13H16BrN3O3/c1-9(18)16-7-12(19)17-6-4-10(8-17)20-13-11(14)3-2-5-15-13/h2-3,5,10H,4,6-8H2,1H3,(H,16,18)/t10-/m1/s1. The molecule has 7 heteroatoms. The number of halogens is 1. The number of hydrogen-bond donors (Lipinski definition) is 1. The zero-order valence-corrected chi connectivity index (χ0v) is 12.7. The molecule has 1 aromatic heterocycles. The Balaban J connectivity index is 1.85. The van der Waals surface area contributed by atoms with Crippen LogP contribution in [0.25, 0.3) is 0 Å². The molecule has 0 aliphatic carbocycles. The molecule has 0 aromatic carbocycles. The molecule has 1 atom stereocenters. The van der Waals surface area contributed by atoms with Crippen molar-refractivity contribution in [2.75, 3.05) is 19.6 Å². The van der Waals surface area contributed by atoms with E-state index in [1.165, 1.54) is 6.92 Å². The van der Waals surface area contributed by atoms with Gasteiger partial charge in [-0.15, -0.1) is 0 Å². The van der Waals surface area contributed by atoms with Gasteiger partial charge in [-0.1, -0.05) is 0 Å². The second kappa shape index (κ2) is 6.69. The van der Waals surface area contributed by atoms with E-state index >= 15 is 0 Å². The van der Waals surface area contributed by atoms with Crippen LogP contribution in [0.4, 0.5) is 0 Å². The summed E-state index contributed by atoms with van der Waals surface area (Å²) in [7, 11) is 0. The molecule has 1 fully saturated rings. The number of rotatable bonds is 4. The van der Waals surface area contributed by atoms with Gasteiger partial charge in [-0.3, -0.25) is 9.59 Å². The SMILES string of the molecule is CC(=O)NCC(=O)N1CC[C@@H](Oc2ncccc2Br)C1. The summed E-state index contributed by atoms with van der Waals surface area (Å²) in [5, 5.41) is 2.51. The number of pyridine rings is 1. The number of nitrogens with zero attached hydrogens (tertiary/aromatic N) is 2. The monoisotopic (exact) mass is 341 g/mol. The average Bonchev–Trinajstić information content (AvgIpc) is 2.87. The van der Waals surface area contributed by atoms with Crippen LogP contribution in [-0.2, 0) is 9.59 Å². The minimum atomic E-state index is -0.206. The molecule has 1 aliphatic heterocycles. The summed E-state index contributed by atoms with van der Waals surface area (Å²) in [5.74, 6) is 0.239. The van der Waals surface area contributed by atoms with E-state index in [1.54, 1.807) is 11.1 Å². The predicted molar refractivity (Wildman–Crippen MR) is 76.2 cm³/mol. The zero-order chi connectivity index (χ0) is 14.5. The Hall–Kier alpha value is -1.63. The molecule has 1 N–H and O–H groups in total. The number of nitrogens with one attached hydrogen (secondary N) is 1. The van der Waals surface area contributed by atoms with E-state index in [1.807, 2.05) is 12.1 Å². The van der Waals surface area contributed by atoms with Gasteiger partial charge in [-0.2, -0.15) is 0 Å². The van der Waals surface area contributed by atoms with Gasteiger partial charge in [0.1, 0.15) is 6.10 Å². The summed E-state index contributed by atoms with van der Waals surface area (Å²) in [6, 6.07) is 3.67. The summed E-state index contributed by atoms with van der Waals surface area (Å²) in [6.07, 6.45) is 2.35. The van der Waals surface area contributed by atoms with Crippen molar-refractivity contribution in [3.05, 3.63) is 22.8 Å². The molecule has 20 heavy (non-hydrogen) atoms. The van der Waals surface area contributed by atoms with E-state index in [2.05, 4.69) is 26.2 Å². The third-order valence-electron chi connectivity index (χ3n) is 2.99. The summed E-state index contributed by atoms with van der Waals surface area (Å²) in [6.45, 7) is 2.58. The average molecular weight is 342 g/mol. The Morgan fingerprint density at radius 1 is 1.60 bits per heavy atom.